The number of thiophene rings is 2. The van der Waals surface area contributed by atoms with Gasteiger partial charge in [-0.25, -0.2) is 0 Å². The Hall–Kier alpha value is -1.17. The molecule has 0 saturated heterocycles. The molecule has 0 radical (unpaired) electrons. The molecule has 2 aromatic rings. The van der Waals surface area contributed by atoms with Crippen LogP contribution in [0, 0.1) is 6.92 Å². The van der Waals surface area contributed by atoms with E-state index in [1.807, 2.05) is 6.07 Å². The number of carbonyl (C=O) groups is 1. The quantitative estimate of drug-likeness (QED) is 0.832. The lowest BCUT2D eigenvalue weighted by atomic mass is 10.2. The van der Waals surface area contributed by atoms with Crippen molar-refractivity contribution in [3.63, 3.8) is 0 Å². The highest BCUT2D eigenvalue weighted by atomic mass is 32.1. The lowest BCUT2D eigenvalue weighted by Crippen LogP contribution is -2.11. The third-order valence-electron chi connectivity index (χ3n) is 2.84. The predicted octanol–water partition coefficient (Wildman–Crippen LogP) is 3.12. The first kappa shape index (κ1) is 14.2. The van der Waals surface area contributed by atoms with E-state index < -0.39 is 0 Å². The van der Waals surface area contributed by atoms with Gasteiger partial charge in [0.05, 0.1) is 13.5 Å². The van der Waals surface area contributed by atoms with Gasteiger partial charge in [-0.05, 0) is 40.9 Å². The molecule has 102 valence electrons. The average Bonchev–Trinajstić information content (AvgIpc) is 3.00. The van der Waals surface area contributed by atoms with Crippen LogP contribution in [0.1, 0.15) is 20.9 Å². The summed E-state index contributed by atoms with van der Waals surface area (Å²) in [6.07, 6.45) is 0.366. The molecule has 0 aliphatic heterocycles. The number of nitrogens with one attached hydrogen (secondary N) is 1. The minimum atomic E-state index is -0.185. The third-order valence-corrected chi connectivity index (χ3v) is 4.84. The molecule has 0 bridgehead atoms. The van der Waals surface area contributed by atoms with Crippen LogP contribution in [-0.2, 0) is 29.0 Å². The molecule has 0 amide bonds. The van der Waals surface area contributed by atoms with Crippen LogP contribution in [0.15, 0.2) is 22.9 Å². The Balaban J connectivity index is 1.80. The Bertz CT molecular complexity index is 545. The van der Waals surface area contributed by atoms with Gasteiger partial charge in [-0.2, -0.15) is 11.3 Å². The maximum Gasteiger partial charge on any atom is 0.310 e. The normalized spacial score (nSPS) is 10.6. The number of esters is 1. The van der Waals surface area contributed by atoms with Crippen molar-refractivity contribution in [1.82, 2.24) is 5.32 Å². The minimum absolute atomic E-state index is 0.185. The van der Waals surface area contributed by atoms with Gasteiger partial charge in [0.2, 0.25) is 0 Å². The van der Waals surface area contributed by atoms with Crippen molar-refractivity contribution < 1.29 is 9.53 Å². The molecule has 0 aliphatic carbocycles. The number of hydrogen-bond donors (Lipinski definition) is 1. The number of aryl methyl sites for hydroxylation is 1. The van der Waals surface area contributed by atoms with Crippen LogP contribution < -0.4 is 5.32 Å². The number of rotatable bonds is 6. The molecule has 0 aromatic carbocycles. The average molecular weight is 295 g/mol. The first-order valence-corrected chi connectivity index (χ1v) is 7.81. The second-order valence-electron chi connectivity index (χ2n) is 4.30. The van der Waals surface area contributed by atoms with E-state index in [1.54, 1.807) is 22.7 Å². The Morgan fingerprint density at radius 3 is 2.74 bits per heavy atom. The summed E-state index contributed by atoms with van der Waals surface area (Å²) in [5.41, 5.74) is 2.70. The van der Waals surface area contributed by atoms with E-state index in [0.717, 1.165) is 18.0 Å². The molecule has 0 aliphatic rings. The van der Waals surface area contributed by atoms with Crippen LogP contribution in [0.25, 0.3) is 0 Å². The van der Waals surface area contributed by atoms with E-state index in [2.05, 4.69) is 33.8 Å². The molecule has 0 saturated carbocycles. The standard InChI is InChI=1S/C14H17NO2S2/c1-10-8-18-9-11(10)6-15-7-13-4-3-12(19-13)5-14(16)17-2/h3-4,8-9,15H,5-7H2,1-2H3. The predicted molar refractivity (Wildman–Crippen MR) is 79.6 cm³/mol. The topological polar surface area (TPSA) is 38.3 Å². The summed E-state index contributed by atoms with van der Waals surface area (Å²) in [7, 11) is 1.42. The van der Waals surface area contributed by atoms with Crippen LogP contribution >= 0.6 is 22.7 Å². The Labute approximate surface area is 121 Å². The highest BCUT2D eigenvalue weighted by Gasteiger charge is 2.06. The summed E-state index contributed by atoms with van der Waals surface area (Å²) in [4.78, 5) is 13.5. The maximum absolute atomic E-state index is 11.2. The van der Waals surface area contributed by atoms with Gasteiger partial charge in [0.25, 0.3) is 0 Å². The van der Waals surface area contributed by atoms with Crippen molar-refractivity contribution in [1.29, 1.82) is 0 Å². The molecule has 1 N–H and O–H groups in total. The molecule has 19 heavy (non-hydrogen) atoms. The van der Waals surface area contributed by atoms with Gasteiger partial charge in [-0.1, -0.05) is 0 Å². The van der Waals surface area contributed by atoms with Crippen molar-refractivity contribution in [2.75, 3.05) is 7.11 Å². The third kappa shape index (κ3) is 4.16. The van der Waals surface area contributed by atoms with Gasteiger partial charge < -0.3 is 10.1 Å². The van der Waals surface area contributed by atoms with Gasteiger partial charge in [0.15, 0.2) is 0 Å². The van der Waals surface area contributed by atoms with Crippen molar-refractivity contribution >= 4 is 28.6 Å². The number of carbonyl (C=O) groups excluding carboxylic acids is 1. The zero-order valence-electron chi connectivity index (χ0n) is 11.1. The van der Waals surface area contributed by atoms with Gasteiger partial charge in [0, 0.05) is 22.8 Å². The van der Waals surface area contributed by atoms with E-state index in [1.165, 1.54) is 23.1 Å². The van der Waals surface area contributed by atoms with Gasteiger partial charge in [0.1, 0.15) is 0 Å². The van der Waals surface area contributed by atoms with Crippen LogP contribution in [0.4, 0.5) is 0 Å². The summed E-state index contributed by atoms with van der Waals surface area (Å²) in [5.74, 6) is -0.185. The Kier molecular flexibility index (Phi) is 5.13. The highest BCUT2D eigenvalue weighted by molar-refractivity contribution is 7.12. The highest BCUT2D eigenvalue weighted by Crippen LogP contribution is 2.18. The summed E-state index contributed by atoms with van der Waals surface area (Å²) in [5, 5.41) is 7.77. The van der Waals surface area contributed by atoms with E-state index in [9.17, 15) is 4.79 Å². The molecule has 0 unspecified atom stereocenters. The molecule has 0 atom stereocenters. The summed E-state index contributed by atoms with van der Waals surface area (Å²) in [6, 6.07) is 4.06. The number of methoxy groups -OCH3 is 1. The molecular weight excluding hydrogens is 278 g/mol. The molecular formula is C14H17NO2S2. The van der Waals surface area contributed by atoms with Crippen molar-refractivity contribution in [3.8, 4) is 0 Å². The van der Waals surface area contributed by atoms with E-state index >= 15 is 0 Å². The first-order chi connectivity index (χ1) is 9.19. The van der Waals surface area contributed by atoms with Crippen molar-refractivity contribution in [2.24, 2.45) is 0 Å². The van der Waals surface area contributed by atoms with Crippen LogP contribution in [-0.4, -0.2) is 13.1 Å². The van der Waals surface area contributed by atoms with Crippen LogP contribution in [0.5, 0.6) is 0 Å². The monoisotopic (exact) mass is 295 g/mol. The summed E-state index contributed by atoms with van der Waals surface area (Å²) in [6.45, 7) is 3.85. The smallest absolute Gasteiger partial charge is 0.310 e. The van der Waals surface area contributed by atoms with E-state index in [0.29, 0.717) is 6.42 Å². The van der Waals surface area contributed by atoms with Gasteiger partial charge >= 0.3 is 5.97 Å². The summed E-state index contributed by atoms with van der Waals surface area (Å²) >= 11 is 3.39. The molecule has 5 heteroatoms. The zero-order chi connectivity index (χ0) is 13.7. The number of hydrogen-bond acceptors (Lipinski definition) is 5. The van der Waals surface area contributed by atoms with Crippen molar-refractivity contribution in [2.45, 2.75) is 26.4 Å². The van der Waals surface area contributed by atoms with Gasteiger partial charge in [-0.3, -0.25) is 4.79 Å². The lowest BCUT2D eigenvalue weighted by molar-refractivity contribution is -0.139. The minimum Gasteiger partial charge on any atom is -0.469 e. The lowest BCUT2D eigenvalue weighted by Gasteiger charge is -2.02. The molecule has 0 spiro atoms. The fraction of sp³-hybridized carbons (Fsp3) is 0.357. The zero-order valence-corrected chi connectivity index (χ0v) is 12.7. The maximum atomic E-state index is 11.2. The van der Waals surface area contributed by atoms with Crippen LogP contribution in [0.2, 0.25) is 0 Å². The van der Waals surface area contributed by atoms with E-state index in [-0.39, 0.29) is 5.97 Å². The second kappa shape index (κ2) is 6.84. The summed E-state index contributed by atoms with van der Waals surface area (Å²) < 4.78 is 4.66. The molecule has 0 fully saturated rings. The second-order valence-corrected chi connectivity index (χ2v) is 6.30. The first-order valence-electron chi connectivity index (χ1n) is 6.06. The fourth-order valence-corrected chi connectivity index (χ4v) is 3.55. The largest absolute Gasteiger partial charge is 0.469 e. The molecule has 2 rings (SSSR count). The molecule has 2 heterocycles. The van der Waals surface area contributed by atoms with E-state index in [4.69, 9.17) is 0 Å². The fourth-order valence-electron chi connectivity index (χ4n) is 1.72. The molecule has 2 aromatic heterocycles. The van der Waals surface area contributed by atoms with Crippen molar-refractivity contribution in [3.05, 3.63) is 43.8 Å². The Morgan fingerprint density at radius 2 is 2.05 bits per heavy atom. The van der Waals surface area contributed by atoms with Gasteiger partial charge in [-0.15, -0.1) is 11.3 Å². The Morgan fingerprint density at radius 1 is 1.26 bits per heavy atom. The van der Waals surface area contributed by atoms with Crippen LogP contribution in [0.3, 0.4) is 0 Å². The number of ether oxygens (including phenoxy) is 1. The SMILES string of the molecule is COC(=O)Cc1ccc(CNCc2cscc2C)s1. The molecule has 3 nitrogen and oxygen atoms in total.